The summed E-state index contributed by atoms with van der Waals surface area (Å²) in [7, 11) is 1.49. The van der Waals surface area contributed by atoms with Crippen molar-refractivity contribution in [2.75, 3.05) is 13.7 Å². The highest BCUT2D eigenvalue weighted by Gasteiger charge is 2.05. The second-order valence-electron chi connectivity index (χ2n) is 3.39. The van der Waals surface area contributed by atoms with Gasteiger partial charge in [-0.1, -0.05) is 28.1 Å². The van der Waals surface area contributed by atoms with Crippen molar-refractivity contribution in [2.24, 2.45) is 0 Å². The molecule has 0 aliphatic carbocycles. The third-order valence-electron chi connectivity index (χ3n) is 2.06. The van der Waals surface area contributed by atoms with Crippen LogP contribution in [0.15, 0.2) is 22.7 Å². The van der Waals surface area contributed by atoms with Gasteiger partial charge in [-0.2, -0.15) is 0 Å². The predicted molar refractivity (Wildman–Crippen MR) is 70.1 cm³/mol. The molecule has 1 rings (SSSR count). The van der Waals surface area contributed by atoms with E-state index in [-0.39, 0.29) is 11.7 Å². The van der Waals surface area contributed by atoms with Gasteiger partial charge < -0.3 is 15.2 Å². The number of aromatic hydroxyl groups is 1. The highest BCUT2D eigenvalue weighted by molar-refractivity contribution is 9.10. The van der Waals surface area contributed by atoms with E-state index in [2.05, 4.69) is 21.2 Å². The Morgan fingerprint density at radius 1 is 1.59 bits per heavy atom. The lowest BCUT2D eigenvalue weighted by Crippen LogP contribution is -2.19. The Hall–Kier alpha value is -1.49. The highest BCUT2D eigenvalue weighted by atomic mass is 79.9. The maximum absolute atomic E-state index is 10.7. The van der Waals surface area contributed by atoms with Gasteiger partial charge in [0.25, 0.3) is 0 Å². The third kappa shape index (κ3) is 4.11. The number of nitrogens with one attached hydrogen (secondary N) is 1. The van der Waals surface area contributed by atoms with E-state index in [4.69, 9.17) is 4.74 Å². The van der Waals surface area contributed by atoms with Gasteiger partial charge in [0.1, 0.15) is 0 Å². The third-order valence-corrected chi connectivity index (χ3v) is 2.75. The van der Waals surface area contributed by atoms with Crippen LogP contribution < -0.4 is 10.1 Å². The van der Waals surface area contributed by atoms with Gasteiger partial charge in [0.05, 0.1) is 7.11 Å². The molecule has 4 nitrogen and oxygen atoms in total. The molecule has 0 fully saturated rings. The number of methoxy groups -OCH3 is 1. The van der Waals surface area contributed by atoms with Crippen LogP contribution in [-0.4, -0.2) is 24.7 Å². The van der Waals surface area contributed by atoms with Crippen molar-refractivity contribution in [3.63, 3.8) is 0 Å². The maximum atomic E-state index is 10.7. The molecule has 0 heterocycles. The van der Waals surface area contributed by atoms with Crippen molar-refractivity contribution in [2.45, 2.75) is 6.92 Å². The molecule has 0 aliphatic heterocycles. The first-order chi connectivity index (χ1) is 8.04. The second-order valence-corrected chi connectivity index (χ2v) is 4.24. The van der Waals surface area contributed by atoms with E-state index in [9.17, 15) is 9.90 Å². The minimum absolute atomic E-state index is 0.0722. The fourth-order valence-electron chi connectivity index (χ4n) is 1.24. The first-order valence-corrected chi connectivity index (χ1v) is 5.81. The summed E-state index contributed by atoms with van der Waals surface area (Å²) in [5.74, 6) is 0.419. The topological polar surface area (TPSA) is 58.6 Å². The smallest absolute Gasteiger partial charge is 0.217 e. The molecule has 92 valence electrons. The van der Waals surface area contributed by atoms with Crippen LogP contribution in [0.1, 0.15) is 12.5 Å². The van der Waals surface area contributed by atoms with Crippen molar-refractivity contribution in [1.82, 2.24) is 5.32 Å². The zero-order valence-electron chi connectivity index (χ0n) is 9.66. The molecule has 1 aromatic rings. The van der Waals surface area contributed by atoms with Crippen molar-refractivity contribution in [1.29, 1.82) is 0 Å². The molecule has 5 heteroatoms. The predicted octanol–water partition coefficient (Wildman–Crippen LogP) is 2.31. The van der Waals surface area contributed by atoms with Crippen LogP contribution in [0.4, 0.5) is 0 Å². The number of amides is 1. The standard InChI is InChI=1S/C12H14BrNO3/c1-8(15)14-5-3-4-9-6-12(17-2)11(16)7-10(9)13/h3-4,6-7,16H,5H2,1-2H3,(H,14,15). The molecule has 0 aliphatic rings. The summed E-state index contributed by atoms with van der Waals surface area (Å²) < 4.78 is 5.77. The van der Waals surface area contributed by atoms with E-state index in [1.54, 1.807) is 12.1 Å². The van der Waals surface area contributed by atoms with Gasteiger partial charge in [0.15, 0.2) is 11.5 Å². The summed E-state index contributed by atoms with van der Waals surface area (Å²) in [5.41, 5.74) is 0.866. The van der Waals surface area contributed by atoms with Crippen LogP contribution in [0.3, 0.4) is 0 Å². The molecule has 0 radical (unpaired) electrons. The van der Waals surface area contributed by atoms with Crippen LogP contribution in [0, 0.1) is 0 Å². The minimum atomic E-state index is -0.0722. The Morgan fingerprint density at radius 2 is 2.29 bits per heavy atom. The van der Waals surface area contributed by atoms with E-state index in [1.165, 1.54) is 14.0 Å². The normalized spacial score (nSPS) is 10.5. The zero-order valence-corrected chi connectivity index (χ0v) is 11.2. The fraction of sp³-hybridized carbons (Fsp3) is 0.250. The van der Waals surface area contributed by atoms with E-state index in [0.717, 1.165) is 10.0 Å². The van der Waals surface area contributed by atoms with Gasteiger partial charge >= 0.3 is 0 Å². The molecule has 17 heavy (non-hydrogen) atoms. The lowest BCUT2D eigenvalue weighted by Gasteiger charge is -2.06. The Bertz CT molecular complexity index is 444. The summed E-state index contributed by atoms with van der Waals surface area (Å²) in [4.78, 5) is 10.7. The maximum Gasteiger partial charge on any atom is 0.217 e. The molecule has 0 spiro atoms. The quantitative estimate of drug-likeness (QED) is 0.897. The van der Waals surface area contributed by atoms with E-state index in [1.807, 2.05) is 12.2 Å². The van der Waals surface area contributed by atoms with E-state index in [0.29, 0.717) is 12.3 Å². The van der Waals surface area contributed by atoms with Gasteiger partial charge in [-0.25, -0.2) is 0 Å². The summed E-state index contributed by atoms with van der Waals surface area (Å²) in [6.45, 7) is 1.93. The van der Waals surface area contributed by atoms with Gasteiger partial charge in [-0.05, 0) is 17.7 Å². The van der Waals surface area contributed by atoms with Crippen LogP contribution in [0.2, 0.25) is 0 Å². The number of benzene rings is 1. The number of phenolic OH excluding ortho intramolecular Hbond substituents is 1. The summed E-state index contributed by atoms with van der Waals surface area (Å²) >= 11 is 3.34. The minimum Gasteiger partial charge on any atom is -0.504 e. The number of phenols is 1. The number of hydrogen-bond acceptors (Lipinski definition) is 3. The SMILES string of the molecule is COc1cc(C=CCNC(C)=O)c(Br)cc1O. The van der Waals surface area contributed by atoms with Gasteiger partial charge in [-0.15, -0.1) is 0 Å². The second kappa shape index (κ2) is 6.30. The molecule has 1 aromatic carbocycles. The van der Waals surface area contributed by atoms with E-state index >= 15 is 0 Å². The molecular formula is C12H14BrNO3. The average molecular weight is 300 g/mol. The average Bonchev–Trinajstić information content (AvgIpc) is 2.26. The van der Waals surface area contributed by atoms with Crippen LogP contribution in [-0.2, 0) is 4.79 Å². The van der Waals surface area contributed by atoms with Gasteiger partial charge in [0.2, 0.25) is 5.91 Å². The Morgan fingerprint density at radius 3 is 2.88 bits per heavy atom. The van der Waals surface area contributed by atoms with Gasteiger partial charge in [0, 0.05) is 17.9 Å². The van der Waals surface area contributed by atoms with Crippen molar-refractivity contribution in [3.8, 4) is 11.5 Å². The Balaban J connectivity index is 2.80. The molecular weight excluding hydrogens is 286 g/mol. The molecule has 0 atom stereocenters. The van der Waals surface area contributed by atoms with Crippen LogP contribution in [0.5, 0.6) is 11.5 Å². The molecule has 0 saturated heterocycles. The molecule has 0 aromatic heterocycles. The van der Waals surface area contributed by atoms with Crippen molar-refractivity contribution in [3.05, 3.63) is 28.2 Å². The number of hydrogen-bond donors (Lipinski definition) is 2. The van der Waals surface area contributed by atoms with Gasteiger partial charge in [-0.3, -0.25) is 4.79 Å². The Labute approximate surface area is 108 Å². The Kier molecular flexibility index (Phi) is 5.03. The largest absolute Gasteiger partial charge is 0.504 e. The van der Waals surface area contributed by atoms with Crippen LogP contribution >= 0.6 is 15.9 Å². The zero-order chi connectivity index (χ0) is 12.8. The lowest BCUT2D eigenvalue weighted by atomic mass is 10.2. The van der Waals surface area contributed by atoms with Crippen LogP contribution in [0.25, 0.3) is 6.08 Å². The van der Waals surface area contributed by atoms with Crippen molar-refractivity contribution >= 4 is 27.9 Å². The first kappa shape index (κ1) is 13.6. The number of carbonyl (C=O) groups excluding carboxylic acids is 1. The number of carbonyl (C=O) groups is 1. The van der Waals surface area contributed by atoms with E-state index < -0.39 is 0 Å². The number of rotatable bonds is 4. The molecule has 0 unspecified atom stereocenters. The lowest BCUT2D eigenvalue weighted by molar-refractivity contribution is -0.118. The first-order valence-electron chi connectivity index (χ1n) is 5.02. The fourth-order valence-corrected chi connectivity index (χ4v) is 1.70. The molecule has 2 N–H and O–H groups in total. The summed E-state index contributed by atoms with van der Waals surface area (Å²) in [6, 6.07) is 3.28. The number of halogens is 1. The molecule has 0 bridgehead atoms. The monoisotopic (exact) mass is 299 g/mol. The summed E-state index contributed by atoms with van der Waals surface area (Å²) in [5, 5.41) is 12.2. The highest BCUT2D eigenvalue weighted by Crippen LogP contribution is 2.32. The van der Waals surface area contributed by atoms with Crippen molar-refractivity contribution < 1.29 is 14.6 Å². The molecule has 0 saturated carbocycles. The molecule has 1 amide bonds. The number of ether oxygens (including phenoxy) is 1. The summed E-state index contributed by atoms with van der Waals surface area (Å²) in [6.07, 6.45) is 3.65.